The summed E-state index contributed by atoms with van der Waals surface area (Å²) >= 11 is 0. The number of nitrogens with zero attached hydrogens (tertiary/aromatic N) is 4. The average molecular weight is 366 g/mol. The van der Waals surface area contributed by atoms with E-state index in [1.54, 1.807) is 19.2 Å². The summed E-state index contributed by atoms with van der Waals surface area (Å²) in [6, 6.07) is 12.5. The molecular formula is C21H26N4O2. The Morgan fingerprint density at radius 3 is 2.67 bits per heavy atom. The van der Waals surface area contributed by atoms with Gasteiger partial charge in [-0.15, -0.1) is 0 Å². The predicted molar refractivity (Wildman–Crippen MR) is 104 cm³/mol. The number of ether oxygens (including phenoxy) is 1. The highest BCUT2D eigenvalue weighted by Crippen LogP contribution is 2.38. The fourth-order valence-corrected chi connectivity index (χ4v) is 4.15. The van der Waals surface area contributed by atoms with E-state index in [0.717, 1.165) is 25.9 Å². The van der Waals surface area contributed by atoms with E-state index in [1.807, 2.05) is 11.0 Å². The normalized spacial score (nSPS) is 21.4. The van der Waals surface area contributed by atoms with Gasteiger partial charge in [0.25, 0.3) is 5.91 Å². The van der Waals surface area contributed by atoms with Crippen LogP contribution in [0.1, 0.15) is 35.6 Å². The van der Waals surface area contributed by atoms with Crippen LogP contribution in [-0.2, 0) is 4.74 Å². The molecule has 2 saturated heterocycles. The monoisotopic (exact) mass is 366 g/mol. The molecule has 4 rings (SSSR count). The summed E-state index contributed by atoms with van der Waals surface area (Å²) in [5.41, 5.74) is 1.59. The van der Waals surface area contributed by atoms with E-state index in [4.69, 9.17) is 4.74 Å². The minimum atomic E-state index is -0.105. The largest absolute Gasteiger partial charge is 0.373 e. The second-order valence-corrected chi connectivity index (χ2v) is 7.58. The van der Waals surface area contributed by atoms with Gasteiger partial charge in [-0.05, 0) is 44.4 Å². The highest BCUT2D eigenvalue weighted by Gasteiger charge is 2.44. The van der Waals surface area contributed by atoms with E-state index in [2.05, 4.69) is 46.2 Å². The highest BCUT2D eigenvalue weighted by molar-refractivity contribution is 5.92. The zero-order chi connectivity index (χ0) is 18.9. The van der Waals surface area contributed by atoms with Crippen molar-refractivity contribution in [2.45, 2.75) is 37.8 Å². The molecule has 1 atom stereocenters. The standard InChI is InChI=1S/C21H26N4O2/c1-16-22-11-8-19(23-16)20(26)25-12-9-21(10-13-25)14-18(15-27-21)24(2)17-6-4-3-5-7-17/h3-8,11,18H,9-10,12-15H2,1-2H3/t18-/m0/s1. The molecule has 2 aliphatic rings. The summed E-state index contributed by atoms with van der Waals surface area (Å²) in [5.74, 6) is 0.617. The number of likely N-dealkylation sites (N-methyl/N-ethyl adjacent to an activating group) is 1. The van der Waals surface area contributed by atoms with Crippen molar-refractivity contribution < 1.29 is 9.53 Å². The number of aromatic nitrogens is 2. The van der Waals surface area contributed by atoms with Gasteiger partial charge in [0.15, 0.2) is 0 Å². The summed E-state index contributed by atoms with van der Waals surface area (Å²) in [5, 5.41) is 0. The van der Waals surface area contributed by atoms with Crippen LogP contribution in [0.4, 0.5) is 5.69 Å². The van der Waals surface area contributed by atoms with Gasteiger partial charge >= 0.3 is 0 Å². The number of likely N-dealkylation sites (tertiary alicyclic amines) is 1. The lowest BCUT2D eigenvalue weighted by molar-refractivity contribution is -0.0389. The van der Waals surface area contributed by atoms with E-state index in [-0.39, 0.29) is 11.5 Å². The molecule has 27 heavy (non-hydrogen) atoms. The quantitative estimate of drug-likeness (QED) is 0.836. The van der Waals surface area contributed by atoms with Crippen molar-refractivity contribution in [3.63, 3.8) is 0 Å². The second kappa shape index (κ2) is 7.27. The SMILES string of the molecule is Cc1nccc(C(=O)N2CCC3(CC2)C[C@H](N(C)c2ccccc2)CO3)n1. The maximum atomic E-state index is 12.7. The number of piperidine rings is 1. The first-order valence-electron chi connectivity index (χ1n) is 9.57. The van der Waals surface area contributed by atoms with Gasteiger partial charge in [0, 0.05) is 32.0 Å². The van der Waals surface area contributed by atoms with Crippen LogP contribution in [0, 0.1) is 6.92 Å². The summed E-state index contributed by atoms with van der Waals surface area (Å²) in [6.07, 6.45) is 4.40. The average Bonchev–Trinajstić information content (AvgIpc) is 3.12. The fourth-order valence-electron chi connectivity index (χ4n) is 4.15. The number of carbonyl (C=O) groups is 1. The Morgan fingerprint density at radius 1 is 1.22 bits per heavy atom. The molecule has 0 unspecified atom stereocenters. The highest BCUT2D eigenvalue weighted by atomic mass is 16.5. The molecule has 6 heteroatoms. The number of anilines is 1. The third kappa shape index (κ3) is 3.67. The molecule has 1 aromatic heterocycles. The van der Waals surface area contributed by atoms with E-state index in [0.29, 0.717) is 30.6 Å². The summed E-state index contributed by atoms with van der Waals surface area (Å²) in [4.78, 5) is 25.2. The number of carbonyl (C=O) groups excluding carboxylic acids is 1. The van der Waals surface area contributed by atoms with Crippen LogP contribution in [0.15, 0.2) is 42.6 Å². The van der Waals surface area contributed by atoms with Gasteiger partial charge in [0.1, 0.15) is 11.5 Å². The van der Waals surface area contributed by atoms with Crippen LogP contribution < -0.4 is 4.90 Å². The van der Waals surface area contributed by atoms with Gasteiger partial charge in [-0.3, -0.25) is 4.79 Å². The Bertz CT molecular complexity index is 803. The topological polar surface area (TPSA) is 58.6 Å². The number of para-hydroxylation sites is 1. The first-order chi connectivity index (χ1) is 13.1. The third-order valence-electron chi connectivity index (χ3n) is 5.86. The third-order valence-corrected chi connectivity index (χ3v) is 5.86. The predicted octanol–water partition coefficient (Wildman–Crippen LogP) is 2.69. The molecule has 0 aliphatic carbocycles. The molecule has 0 saturated carbocycles. The number of benzene rings is 1. The Kier molecular flexibility index (Phi) is 4.83. The van der Waals surface area contributed by atoms with E-state index in [1.165, 1.54) is 5.69 Å². The van der Waals surface area contributed by atoms with Crippen molar-refractivity contribution >= 4 is 11.6 Å². The molecule has 1 amide bonds. The Labute approximate surface area is 160 Å². The number of rotatable bonds is 3. The molecule has 3 heterocycles. The first kappa shape index (κ1) is 17.9. The summed E-state index contributed by atoms with van der Waals surface area (Å²) < 4.78 is 6.28. The molecule has 2 fully saturated rings. The van der Waals surface area contributed by atoms with Crippen LogP contribution in [0.3, 0.4) is 0 Å². The van der Waals surface area contributed by atoms with Crippen molar-refractivity contribution in [3.05, 3.63) is 54.1 Å². The number of hydrogen-bond donors (Lipinski definition) is 0. The van der Waals surface area contributed by atoms with Crippen molar-refractivity contribution in [1.29, 1.82) is 0 Å². The Morgan fingerprint density at radius 2 is 1.96 bits per heavy atom. The molecule has 6 nitrogen and oxygen atoms in total. The van der Waals surface area contributed by atoms with Gasteiger partial charge < -0.3 is 14.5 Å². The van der Waals surface area contributed by atoms with Crippen molar-refractivity contribution in [2.24, 2.45) is 0 Å². The van der Waals surface area contributed by atoms with Gasteiger partial charge in [0.05, 0.1) is 18.2 Å². The molecule has 1 spiro atoms. The van der Waals surface area contributed by atoms with Crippen molar-refractivity contribution in [1.82, 2.24) is 14.9 Å². The Hall–Kier alpha value is -2.47. The molecule has 142 valence electrons. The molecule has 1 aromatic carbocycles. The fraction of sp³-hybridized carbons (Fsp3) is 0.476. The van der Waals surface area contributed by atoms with Crippen LogP contribution in [0.25, 0.3) is 0 Å². The molecule has 0 N–H and O–H groups in total. The number of aryl methyl sites for hydroxylation is 1. The van der Waals surface area contributed by atoms with Crippen LogP contribution >= 0.6 is 0 Å². The number of hydrogen-bond acceptors (Lipinski definition) is 5. The molecule has 0 bridgehead atoms. The maximum Gasteiger partial charge on any atom is 0.272 e. The molecule has 2 aromatic rings. The zero-order valence-electron chi connectivity index (χ0n) is 16.0. The summed E-state index contributed by atoms with van der Waals surface area (Å²) in [6.45, 7) is 3.97. The first-order valence-corrected chi connectivity index (χ1v) is 9.57. The summed E-state index contributed by atoms with van der Waals surface area (Å²) in [7, 11) is 2.14. The molecule has 2 aliphatic heterocycles. The zero-order valence-corrected chi connectivity index (χ0v) is 16.0. The molecular weight excluding hydrogens is 340 g/mol. The number of amides is 1. The minimum Gasteiger partial charge on any atom is -0.373 e. The lowest BCUT2D eigenvalue weighted by Crippen LogP contribution is -2.47. The van der Waals surface area contributed by atoms with Crippen LogP contribution in [0.2, 0.25) is 0 Å². The van der Waals surface area contributed by atoms with Crippen molar-refractivity contribution in [2.75, 3.05) is 31.6 Å². The van der Waals surface area contributed by atoms with Gasteiger partial charge in [-0.1, -0.05) is 18.2 Å². The second-order valence-electron chi connectivity index (χ2n) is 7.58. The maximum absolute atomic E-state index is 12.7. The van der Waals surface area contributed by atoms with Gasteiger partial charge in [0.2, 0.25) is 0 Å². The van der Waals surface area contributed by atoms with Gasteiger partial charge in [-0.25, -0.2) is 9.97 Å². The smallest absolute Gasteiger partial charge is 0.272 e. The van der Waals surface area contributed by atoms with Crippen molar-refractivity contribution in [3.8, 4) is 0 Å². The lowest BCUT2D eigenvalue weighted by Gasteiger charge is -2.39. The lowest BCUT2D eigenvalue weighted by atomic mass is 9.87. The van der Waals surface area contributed by atoms with E-state index in [9.17, 15) is 4.79 Å². The van der Waals surface area contributed by atoms with E-state index >= 15 is 0 Å². The van der Waals surface area contributed by atoms with E-state index < -0.39 is 0 Å². The minimum absolute atomic E-state index is 0.00806. The molecule has 0 radical (unpaired) electrons. The van der Waals surface area contributed by atoms with Crippen LogP contribution in [-0.4, -0.2) is 59.2 Å². The van der Waals surface area contributed by atoms with Gasteiger partial charge in [-0.2, -0.15) is 0 Å². The van der Waals surface area contributed by atoms with Crippen LogP contribution in [0.5, 0.6) is 0 Å². The Balaban J connectivity index is 1.37.